The fourth-order valence-corrected chi connectivity index (χ4v) is 2.79. The van der Waals surface area contributed by atoms with Crippen molar-refractivity contribution >= 4 is 17.3 Å². The van der Waals surface area contributed by atoms with E-state index in [0.29, 0.717) is 0 Å². The third-order valence-corrected chi connectivity index (χ3v) is 3.92. The number of pyridine rings is 1. The Labute approximate surface area is 117 Å². The number of aromatic amines is 1. The molecule has 2 N–H and O–H groups in total. The van der Waals surface area contributed by atoms with Gasteiger partial charge in [-0.15, -0.1) is 0 Å². The molecule has 19 heavy (non-hydrogen) atoms. The molecule has 2 atom stereocenters. The second-order valence-corrected chi connectivity index (χ2v) is 5.22. The first-order valence-corrected chi connectivity index (χ1v) is 6.67. The molecule has 98 valence electrons. The van der Waals surface area contributed by atoms with Crippen molar-refractivity contribution in [2.45, 2.75) is 19.0 Å². The number of nitrogens with zero attached hydrogens (tertiary/aromatic N) is 2. The number of likely N-dealkylation sites (N-methyl/N-ethyl adjacent to an activating group) is 1. The maximum absolute atomic E-state index is 5.38. The number of thiocarbonyl (C=S) groups is 1. The van der Waals surface area contributed by atoms with Crippen LogP contribution in [0.1, 0.15) is 29.2 Å². The molecule has 5 heteroatoms. The molecule has 3 heterocycles. The van der Waals surface area contributed by atoms with Crippen LogP contribution in [-0.4, -0.2) is 27.0 Å². The van der Waals surface area contributed by atoms with Crippen LogP contribution in [0.3, 0.4) is 0 Å². The summed E-state index contributed by atoms with van der Waals surface area (Å²) in [7, 11) is 2.01. The van der Waals surface area contributed by atoms with Crippen molar-refractivity contribution in [3.8, 4) is 0 Å². The molecule has 2 aromatic rings. The predicted molar refractivity (Wildman–Crippen MR) is 78.7 cm³/mol. The normalized spacial score (nSPS) is 22.6. The average Bonchev–Trinajstić information content (AvgIpc) is 2.96. The number of hydrogen-bond acceptors (Lipinski definition) is 2. The first kappa shape index (κ1) is 12.2. The van der Waals surface area contributed by atoms with Crippen molar-refractivity contribution in [2.75, 3.05) is 7.05 Å². The van der Waals surface area contributed by atoms with Gasteiger partial charge in [0.2, 0.25) is 0 Å². The van der Waals surface area contributed by atoms with E-state index in [1.165, 1.54) is 0 Å². The highest BCUT2D eigenvalue weighted by Crippen LogP contribution is 2.36. The van der Waals surface area contributed by atoms with E-state index in [1.54, 1.807) is 0 Å². The van der Waals surface area contributed by atoms with Crippen LogP contribution in [0.4, 0.5) is 0 Å². The average molecular weight is 272 g/mol. The second kappa shape index (κ2) is 4.66. The van der Waals surface area contributed by atoms with Crippen molar-refractivity contribution in [3.63, 3.8) is 0 Å². The molecule has 4 nitrogen and oxygen atoms in total. The van der Waals surface area contributed by atoms with Crippen LogP contribution in [0.15, 0.2) is 36.5 Å². The molecule has 0 radical (unpaired) electrons. The molecular formula is C14H16N4S. The fraction of sp³-hybridized carbons (Fsp3) is 0.286. The number of hydrogen-bond donors (Lipinski definition) is 2. The lowest BCUT2D eigenvalue weighted by atomic mass is 10.0. The molecule has 0 amide bonds. The van der Waals surface area contributed by atoms with E-state index in [1.807, 2.05) is 31.4 Å². The molecule has 0 saturated carbocycles. The SMILES string of the molecule is Cc1ccc([C@@H]2[C@H](c3ccccn3)NC(=S)N2C)[nH]1. The van der Waals surface area contributed by atoms with Crippen LogP contribution in [0.2, 0.25) is 0 Å². The summed E-state index contributed by atoms with van der Waals surface area (Å²) >= 11 is 5.38. The lowest BCUT2D eigenvalue weighted by Crippen LogP contribution is -2.25. The minimum Gasteiger partial charge on any atom is -0.361 e. The maximum atomic E-state index is 5.38. The summed E-state index contributed by atoms with van der Waals surface area (Å²) < 4.78 is 0. The summed E-state index contributed by atoms with van der Waals surface area (Å²) in [6, 6.07) is 10.4. The van der Waals surface area contributed by atoms with Crippen molar-refractivity contribution in [1.29, 1.82) is 0 Å². The van der Waals surface area contributed by atoms with Gasteiger partial charge in [-0.25, -0.2) is 0 Å². The van der Waals surface area contributed by atoms with Crippen molar-refractivity contribution in [2.24, 2.45) is 0 Å². The topological polar surface area (TPSA) is 44.0 Å². The number of rotatable bonds is 2. The smallest absolute Gasteiger partial charge is 0.169 e. The highest BCUT2D eigenvalue weighted by Gasteiger charge is 2.38. The molecule has 0 unspecified atom stereocenters. The lowest BCUT2D eigenvalue weighted by Gasteiger charge is -2.23. The summed E-state index contributed by atoms with van der Waals surface area (Å²) in [5, 5.41) is 4.11. The van der Waals surface area contributed by atoms with Gasteiger partial charge in [0.15, 0.2) is 5.11 Å². The van der Waals surface area contributed by atoms with Gasteiger partial charge in [-0.2, -0.15) is 0 Å². The van der Waals surface area contributed by atoms with E-state index >= 15 is 0 Å². The van der Waals surface area contributed by atoms with Crippen LogP contribution >= 0.6 is 12.2 Å². The first-order valence-electron chi connectivity index (χ1n) is 6.26. The molecule has 1 aliphatic heterocycles. The summed E-state index contributed by atoms with van der Waals surface area (Å²) in [4.78, 5) is 9.93. The second-order valence-electron chi connectivity index (χ2n) is 4.83. The van der Waals surface area contributed by atoms with Gasteiger partial charge < -0.3 is 15.2 Å². The number of aryl methyl sites for hydroxylation is 1. The van der Waals surface area contributed by atoms with E-state index in [9.17, 15) is 0 Å². The van der Waals surface area contributed by atoms with Gasteiger partial charge in [0.05, 0.1) is 17.8 Å². The fourth-order valence-electron chi connectivity index (χ4n) is 2.55. The summed E-state index contributed by atoms with van der Waals surface area (Å²) in [5.74, 6) is 0. The zero-order valence-electron chi connectivity index (χ0n) is 10.9. The quantitative estimate of drug-likeness (QED) is 0.824. The lowest BCUT2D eigenvalue weighted by molar-refractivity contribution is 0.361. The molecule has 0 bridgehead atoms. The molecule has 2 aromatic heterocycles. The first-order chi connectivity index (χ1) is 9.16. The molecule has 1 saturated heterocycles. The number of H-pyrrole nitrogens is 1. The van der Waals surface area contributed by atoms with Crippen LogP contribution < -0.4 is 5.32 Å². The third-order valence-electron chi connectivity index (χ3n) is 3.51. The highest BCUT2D eigenvalue weighted by molar-refractivity contribution is 7.80. The van der Waals surface area contributed by atoms with Crippen LogP contribution in [0.5, 0.6) is 0 Å². The van der Waals surface area contributed by atoms with Crippen molar-refractivity contribution in [3.05, 3.63) is 53.6 Å². The van der Waals surface area contributed by atoms with E-state index in [4.69, 9.17) is 12.2 Å². The highest BCUT2D eigenvalue weighted by atomic mass is 32.1. The summed E-state index contributed by atoms with van der Waals surface area (Å²) in [6.45, 7) is 2.06. The standard InChI is InChI=1S/C14H16N4S/c1-9-6-7-11(16-9)13-12(17-14(19)18(13)2)10-5-3-4-8-15-10/h3-8,12-13,16H,1-2H3,(H,17,19)/t12-,13+/m0/s1. The molecule has 0 aliphatic carbocycles. The Morgan fingerprint density at radius 1 is 1.26 bits per heavy atom. The van der Waals surface area contributed by atoms with Crippen LogP contribution in [0.25, 0.3) is 0 Å². The Hall–Kier alpha value is -1.88. The van der Waals surface area contributed by atoms with Gasteiger partial charge in [0, 0.05) is 24.6 Å². The molecule has 3 rings (SSSR count). The minimum atomic E-state index is 0.0803. The van der Waals surface area contributed by atoms with E-state index < -0.39 is 0 Å². The Bertz CT molecular complexity index is 593. The van der Waals surface area contributed by atoms with Crippen LogP contribution in [0, 0.1) is 6.92 Å². The molecule has 0 aromatic carbocycles. The van der Waals surface area contributed by atoms with Crippen molar-refractivity contribution in [1.82, 2.24) is 20.2 Å². The predicted octanol–water partition coefficient (Wildman–Crippen LogP) is 2.32. The third kappa shape index (κ3) is 2.10. The maximum Gasteiger partial charge on any atom is 0.169 e. The Morgan fingerprint density at radius 3 is 2.74 bits per heavy atom. The number of aromatic nitrogens is 2. The Morgan fingerprint density at radius 2 is 2.11 bits per heavy atom. The molecule has 1 fully saturated rings. The zero-order chi connectivity index (χ0) is 13.4. The van der Waals surface area contributed by atoms with Gasteiger partial charge in [-0.3, -0.25) is 4.98 Å². The monoisotopic (exact) mass is 272 g/mol. The van der Waals surface area contributed by atoms with Gasteiger partial charge in [0.25, 0.3) is 0 Å². The van der Waals surface area contributed by atoms with Gasteiger partial charge in [-0.1, -0.05) is 6.07 Å². The van der Waals surface area contributed by atoms with Gasteiger partial charge >= 0.3 is 0 Å². The Kier molecular flexibility index (Phi) is 2.98. The molecule has 0 spiro atoms. The molecule has 1 aliphatic rings. The van der Waals surface area contributed by atoms with E-state index in [0.717, 1.165) is 22.2 Å². The van der Waals surface area contributed by atoms with E-state index in [2.05, 4.69) is 39.2 Å². The van der Waals surface area contributed by atoms with Gasteiger partial charge in [-0.05, 0) is 43.4 Å². The largest absolute Gasteiger partial charge is 0.361 e. The summed E-state index contributed by atoms with van der Waals surface area (Å²) in [5.41, 5.74) is 3.32. The molecular weight excluding hydrogens is 256 g/mol. The number of nitrogens with one attached hydrogen (secondary N) is 2. The Balaban J connectivity index is 2.01. The van der Waals surface area contributed by atoms with Gasteiger partial charge in [0.1, 0.15) is 0 Å². The zero-order valence-corrected chi connectivity index (χ0v) is 11.7. The van der Waals surface area contributed by atoms with E-state index in [-0.39, 0.29) is 12.1 Å². The van der Waals surface area contributed by atoms with Crippen LogP contribution in [-0.2, 0) is 0 Å². The minimum absolute atomic E-state index is 0.0803. The van der Waals surface area contributed by atoms with Crippen molar-refractivity contribution < 1.29 is 0 Å². The summed E-state index contributed by atoms with van der Waals surface area (Å²) in [6.07, 6.45) is 1.81.